The van der Waals surface area contributed by atoms with Crippen LogP contribution >= 0.6 is 0 Å². The number of alkyl halides is 3. The van der Waals surface area contributed by atoms with Crippen LogP contribution in [0.25, 0.3) is 0 Å². The van der Waals surface area contributed by atoms with Gasteiger partial charge in [0.1, 0.15) is 0 Å². The maximum Gasteiger partial charge on any atom is 0.389 e. The van der Waals surface area contributed by atoms with Crippen LogP contribution < -0.4 is 5.32 Å². The summed E-state index contributed by atoms with van der Waals surface area (Å²) in [6.45, 7) is 0.880. The fraction of sp³-hybridized carbons (Fsp3) is 0.818. The van der Waals surface area contributed by atoms with Crippen molar-refractivity contribution in [3.63, 3.8) is 0 Å². The molecule has 1 aromatic rings. The Hall–Kier alpha value is -1.11. The summed E-state index contributed by atoms with van der Waals surface area (Å²) in [4.78, 5) is 0. The fourth-order valence-electron chi connectivity index (χ4n) is 1.57. The normalized spacial score (nSPS) is 16.2. The molecule has 102 valence electrons. The third-order valence-corrected chi connectivity index (χ3v) is 2.71. The summed E-state index contributed by atoms with van der Waals surface area (Å²) < 4.78 is 41.1. The van der Waals surface area contributed by atoms with Gasteiger partial charge < -0.3 is 9.73 Å². The molecule has 0 aliphatic heterocycles. The molecule has 0 aromatic carbocycles. The zero-order valence-corrected chi connectivity index (χ0v) is 9.96. The Bertz CT molecular complexity index is 374. The highest BCUT2D eigenvalue weighted by molar-refractivity contribution is 4.84. The van der Waals surface area contributed by atoms with Crippen molar-refractivity contribution in [2.24, 2.45) is 0 Å². The first-order chi connectivity index (χ1) is 8.53. The van der Waals surface area contributed by atoms with E-state index in [1.807, 2.05) is 0 Å². The SMILES string of the molecule is FC(F)(F)CCc1nnc(CCCNC2CC2)o1. The molecule has 7 heteroatoms. The minimum atomic E-state index is -4.18. The van der Waals surface area contributed by atoms with Gasteiger partial charge in [-0.15, -0.1) is 10.2 Å². The zero-order chi connectivity index (χ0) is 13.0. The molecular weight excluding hydrogens is 247 g/mol. The molecule has 18 heavy (non-hydrogen) atoms. The van der Waals surface area contributed by atoms with Gasteiger partial charge in [-0.05, 0) is 25.8 Å². The highest BCUT2D eigenvalue weighted by atomic mass is 19.4. The number of rotatable bonds is 7. The molecular formula is C11H16F3N3O. The smallest absolute Gasteiger partial charge is 0.389 e. The minimum absolute atomic E-state index is 0.0671. The third-order valence-electron chi connectivity index (χ3n) is 2.71. The molecule has 0 radical (unpaired) electrons. The Kier molecular flexibility index (Phi) is 4.21. The Morgan fingerprint density at radius 1 is 1.17 bits per heavy atom. The first-order valence-corrected chi connectivity index (χ1v) is 6.14. The summed E-state index contributed by atoms with van der Waals surface area (Å²) in [6, 6.07) is 0.662. The summed E-state index contributed by atoms with van der Waals surface area (Å²) in [5, 5.41) is 10.7. The van der Waals surface area contributed by atoms with Crippen molar-refractivity contribution in [2.45, 2.75) is 50.7 Å². The molecule has 1 saturated carbocycles. The van der Waals surface area contributed by atoms with E-state index < -0.39 is 12.6 Å². The first kappa shape index (κ1) is 13.3. The molecule has 0 atom stereocenters. The Balaban J connectivity index is 1.65. The van der Waals surface area contributed by atoms with Crippen molar-refractivity contribution in [1.82, 2.24) is 15.5 Å². The Labute approximate surface area is 103 Å². The van der Waals surface area contributed by atoms with E-state index in [9.17, 15) is 13.2 Å². The average molecular weight is 263 g/mol. The van der Waals surface area contributed by atoms with Gasteiger partial charge in [-0.1, -0.05) is 0 Å². The molecule has 1 N–H and O–H groups in total. The summed E-state index contributed by atoms with van der Waals surface area (Å²) in [5.74, 6) is 0.488. The predicted molar refractivity (Wildman–Crippen MR) is 58.0 cm³/mol. The van der Waals surface area contributed by atoms with Crippen molar-refractivity contribution in [2.75, 3.05) is 6.54 Å². The lowest BCUT2D eigenvalue weighted by Gasteiger charge is -2.02. The molecule has 0 amide bonds. The van der Waals surface area contributed by atoms with Gasteiger partial charge in [-0.25, -0.2) is 0 Å². The van der Waals surface area contributed by atoms with Crippen molar-refractivity contribution >= 4 is 0 Å². The van der Waals surface area contributed by atoms with Crippen LogP contribution in [0.4, 0.5) is 13.2 Å². The van der Waals surface area contributed by atoms with Gasteiger partial charge in [0.25, 0.3) is 0 Å². The number of nitrogens with zero attached hydrogens (tertiary/aromatic N) is 2. The van der Waals surface area contributed by atoms with Gasteiger partial charge in [0, 0.05) is 18.9 Å². The fourth-order valence-corrected chi connectivity index (χ4v) is 1.57. The van der Waals surface area contributed by atoms with Crippen LogP contribution in [0.5, 0.6) is 0 Å². The number of halogens is 3. The van der Waals surface area contributed by atoms with Crippen LogP contribution in [0.3, 0.4) is 0 Å². The van der Waals surface area contributed by atoms with Crippen molar-refractivity contribution in [3.8, 4) is 0 Å². The molecule has 0 saturated heterocycles. The van der Waals surface area contributed by atoms with Crippen molar-refractivity contribution in [1.29, 1.82) is 0 Å². The molecule has 1 aliphatic rings. The number of nitrogens with one attached hydrogen (secondary N) is 1. The van der Waals surface area contributed by atoms with E-state index in [1.54, 1.807) is 0 Å². The summed E-state index contributed by atoms with van der Waals surface area (Å²) in [7, 11) is 0. The van der Waals surface area contributed by atoms with Crippen LogP contribution in [0.2, 0.25) is 0 Å². The standard InChI is InChI=1S/C11H16F3N3O/c12-11(13,14)6-5-10-17-16-9(18-10)2-1-7-15-8-3-4-8/h8,15H,1-7H2. The van der Waals surface area contributed by atoms with Gasteiger partial charge in [0.05, 0.1) is 6.42 Å². The lowest BCUT2D eigenvalue weighted by atomic mass is 10.3. The lowest BCUT2D eigenvalue weighted by molar-refractivity contribution is -0.134. The molecule has 0 bridgehead atoms. The Morgan fingerprint density at radius 3 is 2.44 bits per heavy atom. The molecule has 1 aromatic heterocycles. The number of hydrogen-bond acceptors (Lipinski definition) is 4. The van der Waals surface area contributed by atoms with E-state index in [2.05, 4.69) is 15.5 Å². The van der Waals surface area contributed by atoms with Crippen molar-refractivity contribution in [3.05, 3.63) is 11.8 Å². The zero-order valence-electron chi connectivity index (χ0n) is 9.96. The quantitative estimate of drug-likeness (QED) is 0.766. The summed E-state index contributed by atoms with van der Waals surface area (Å²) >= 11 is 0. The first-order valence-electron chi connectivity index (χ1n) is 6.14. The van der Waals surface area contributed by atoms with E-state index in [0.717, 1.165) is 13.0 Å². The second-order valence-electron chi connectivity index (χ2n) is 4.54. The van der Waals surface area contributed by atoms with Gasteiger partial charge in [-0.2, -0.15) is 13.2 Å². The van der Waals surface area contributed by atoms with Crippen LogP contribution in [0.15, 0.2) is 4.42 Å². The van der Waals surface area contributed by atoms with Gasteiger partial charge in [0.2, 0.25) is 11.8 Å². The van der Waals surface area contributed by atoms with Crippen LogP contribution in [-0.2, 0) is 12.8 Å². The van der Waals surface area contributed by atoms with E-state index >= 15 is 0 Å². The van der Waals surface area contributed by atoms with Crippen LogP contribution in [0, 0.1) is 0 Å². The molecule has 0 unspecified atom stereocenters. The third kappa shape index (κ3) is 5.03. The molecule has 2 rings (SSSR count). The maximum atomic E-state index is 12.0. The van der Waals surface area contributed by atoms with E-state index in [0.29, 0.717) is 18.4 Å². The number of hydrogen-bond donors (Lipinski definition) is 1. The Morgan fingerprint density at radius 2 is 1.83 bits per heavy atom. The van der Waals surface area contributed by atoms with Gasteiger partial charge in [-0.3, -0.25) is 0 Å². The van der Waals surface area contributed by atoms with Gasteiger partial charge in [0.15, 0.2) is 0 Å². The highest BCUT2D eigenvalue weighted by Crippen LogP contribution is 2.21. The van der Waals surface area contributed by atoms with E-state index in [-0.39, 0.29) is 12.3 Å². The van der Waals surface area contributed by atoms with Crippen molar-refractivity contribution < 1.29 is 17.6 Å². The second-order valence-corrected chi connectivity index (χ2v) is 4.54. The van der Waals surface area contributed by atoms with Crippen LogP contribution in [-0.4, -0.2) is 29.0 Å². The van der Waals surface area contributed by atoms with E-state index in [1.165, 1.54) is 12.8 Å². The molecule has 1 fully saturated rings. The molecule has 4 nitrogen and oxygen atoms in total. The lowest BCUT2D eigenvalue weighted by Crippen LogP contribution is -2.17. The minimum Gasteiger partial charge on any atom is -0.425 e. The maximum absolute atomic E-state index is 12.0. The average Bonchev–Trinajstić information content (AvgIpc) is 3.00. The largest absolute Gasteiger partial charge is 0.425 e. The summed E-state index contributed by atoms with van der Waals surface area (Å²) in [5.41, 5.74) is 0. The molecule has 0 spiro atoms. The second kappa shape index (κ2) is 5.69. The number of aryl methyl sites for hydroxylation is 2. The predicted octanol–water partition coefficient (Wildman–Crippen LogP) is 2.25. The molecule has 1 aliphatic carbocycles. The highest BCUT2D eigenvalue weighted by Gasteiger charge is 2.27. The number of aromatic nitrogens is 2. The molecule has 1 heterocycles. The summed E-state index contributed by atoms with van der Waals surface area (Å²) in [6.07, 6.45) is -1.39. The monoisotopic (exact) mass is 263 g/mol. The topological polar surface area (TPSA) is 51.0 Å². The van der Waals surface area contributed by atoms with Crippen LogP contribution in [0.1, 0.15) is 37.5 Å². The van der Waals surface area contributed by atoms with Gasteiger partial charge >= 0.3 is 6.18 Å². The van der Waals surface area contributed by atoms with E-state index in [4.69, 9.17) is 4.42 Å².